The van der Waals surface area contributed by atoms with Gasteiger partial charge in [-0.1, -0.05) is 13.8 Å². The third-order valence-electron chi connectivity index (χ3n) is 3.78. The molecule has 1 aromatic heterocycles. The molecule has 2 heterocycles. The maximum atomic E-state index is 12.5. The average Bonchev–Trinajstić information content (AvgIpc) is 2.38. The van der Waals surface area contributed by atoms with Crippen LogP contribution in [0.3, 0.4) is 0 Å². The second-order valence-corrected chi connectivity index (χ2v) is 5.66. The molecule has 0 aliphatic carbocycles. The fraction of sp³-hybridized carbons (Fsp3) is 0.643. The monoisotopic (exact) mass is 287 g/mol. The molecule has 0 saturated carbocycles. The number of aromatic nitrogens is 1. The predicted octanol–water partition coefficient (Wildman–Crippen LogP) is 2.92. The van der Waals surface area contributed by atoms with E-state index in [4.69, 9.17) is 0 Å². The van der Waals surface area contributed by atoms with Gasteiger partial charge in [-0.2, -0.15) is 13.2 Å². The molecule has 2 rings (SSSR count). The Morgan fingerprint density at radius 3 is 2.55 bits per heavy atom. The fourth-order valence-electron chi connectivity index (χ4n) is 2.42. The van der Waals surface area contributed by atoms with E-state index in [-0.39, 0.29) is 6.04 Å². The molecule has 0 amide bonds. The van der Waals surface area contributed by atoms with Crippen LogP contribution in [0.1, 0.15) is 26.5 Å². The normalized spacial score (nSPS) is 24.2. The first-order valence-corrected chi connectivity index (χ1v) is 6.82. The third kappa shape index (κ3) is 3.23. The zero-order chi connectivity index (χ0) is 14.9. The van der Waals surface area contributed by atoms with Crippen LogP contribution < -0.4 is 10.2 Å². The highest BCUT2D eigenvalue weighted by Gasteiger charge is 2.33. The van der Waals surface area contributed by atoms with Crippen molar-refractivity contribution in [2.24, 2.45) is 5.92 Å². The Bertz CT molecular complexity index is 442. The first-order valence-electron chi connectivity index (χ1n) is 6.82. The summed E-state index contributed by atoms with van der Waals surface area (Å²) < 4.78 is 37.6. The lowest BCUT2D eigenvalue weighted by Gasteiger charge is -2.41. The minimum absolute atomic E-state index is 0.239. The number of nitrogens with zero attached hydrogens (tertiary/aromatic N) is 2. The van der Waals surface area contributed by atoms with Crippen LogP contribution in [0.2, 0.25) is 0 Å². The number of pyridine rings is 1. The summed E-state index contributed by atoms with van der Waals surface area (Å²) in [6.45, 7) is 7.94. The molecule has 0 aromatic carbocycles. The lowest BCUT2D eigenvalue weighted by atomic mass is 9.99. The Hall–Kier alpha value is -1.30. The second-order valence-electron chi connectivity index (χ2n) is 5.66. The molecule has 3 nitrogen and oxygen atoms in total. The SMILES string of the molecule is CC(C)C1CN(c2ccc(C(F)(F)F)nc2)C(C)CN1. The number of hydrogen-bond donors (Lipinski definition) is 1. The van der Waals surface area contributed by atoms with Crippen molar-refractivity contribution in [1.29, 1.82) is 0 Å². The van der Waals surface area contributed by atoms with E-state index in [0.29, 0.717) is 12.0 Å². The van der Waals surface area contributed by atoms with Crippen LogP contribution in [0.5, 0.6) is 0 Å². The van der Waals surface area contributed by atoms with E-state index in [1.807, 2.05) is 0 Å². The van der Waals surface area contributed by atoms with E-state index in [1.165, 1.54) is 12.3 Å². The molecule has 0 spiro atoms. The second kappa shape index (κ2) is 5.60. The zero-order valence-corrected chi connectivity index (χ0v) is 11.9. The van der Waals surface area contributed by atoms with Gasteiger partial charge >= 0.3 is 6.18 Å². The molecule has 2 unspecified atom stereocenters. The largest absolute Gasteiger partial charge is 0.433 e. The average molecular weight is 287 g/mol. The lowest BCUT2D eigenvalue weighted by molar-refractivity contribution is -0.141. The highest BCUT2D eigenvalue weighted by molar-refractivity contribution is 5.46. The van der Waals surface area contributed by atoms with E-state index in [9.17, 15) is 13.2 Å². The molecule has 20 heavy (non-hydrogen) atoms. The van der Waals surface area contributed by atoms with Gasteiger partial charge in [0.05, 0.1) is 11.9 Å². The number of rotatable bonds is 2. The van der Waals surface area contributed by atoms with Crippen molar-refractivity contribution < 1.29 is 13.2 Å². The minimum atomic E-state index is -4.38. The van der Waals surface area contributed by atoms with Gasteiger partial charge in [-0.15, -0.1) is 0 Å². The number of anilines is 1. The smallest absolute Gasteiger partial charge is 0.365 e. The van der Waals surface area contributed by atoms with E-state index in [0.717, 1.165) is 24.8 Å². The van der Waals surface area contributed by atoms with E-state index < -0.39 is 11.9 Å². The third-order valence-corrected chi connectivity index (χ3v) is 3.78. The summed E-state index contributed by atoms with van der Waals surface area (Å²) in [6.07, 6.45) is -3.06. The summed E-state index contributed by atoms with van der Waals surface area (Å²) in [7, 11) is 0. The van der Waals surface area contributed by atoms with Crippen molar-refractivity contribution in [3.8, 4) is 0 Å². The summed E-state index contributed by atoms with van der Waals surface area (Å²) in [5, 5.41) is 3.46. The van der Waals surface area contributed by atoms with Gasteiger partial charge in [-0.3, -0.25) is 0 Å². The first-order chi connectivity index (χ1) is 9.29. The summed E-state index contributed by atoms with van der Waals surface area (Å²) >= 11 is 0. The number of hydrogen-bond acceptors (Lipinski definition) is 3. The van der Waals surface area contributed by atoms with Gasteiger partial charge in [0.25, 0.3) is 0 Å². The number of alkyl halides is 3. The Balaban J connectivity index is 2.17. The van der Waals surface area contributed by atoms with E-state index in [1.54, 1.807) is 0 Å². The molecule has 1 aromatic rings. The van der Waals surface area contributed by atoms with Gasteiger partial charge in [0, 0.05) is 25.2 Å². The van der Waals surface area contributed by atoms with Gasteiger partial charge in [-0.25, -0.2) is 4.98 Å². The molecule has 112 valence electrons. The van der Waals surface area contributed by atoms with Crippen molar-refractivity contribution in [1.82, 2.24) is 10.3 Å². The summed E-state index contributed by atoms with van der Waals surface area (Å²) in [4.78, 5) is 5.66. The van der Waals surface area contributed by atoms with Gasteiger partial charge < -0.3 is 10.2 Å². The molecular weight excluding hydrogens is 267 g/mol. The van der Waals surface area contributed by atoms with E-state index >= 15 is 0 Å². The van der Waals surface area contributed by atoms with Crippen molar-refractivity contribution >= 4 is 5.69 Å². The number of nitrogens with one attached hydrogen (secondary N) is 1. The van der Waals surface area contributed by atoms with Crippen LogP contribution in [0, 0.1) is 5.92 Å². The van der Waals surface area contributed by atoms with Crippen LogP contribution in [0.15, 0.2) is 18.3 Å². The molecule has 0 bridgehead atoms. The van der Waals surface area contributed by atoms with E-state index in [2.05, 4.69) is 36.0 Å². The molecule has 6 heteroatoms. The van der Waals surface area contributed by atoms with Gasteiger partial charge in [-0.05, 0) is 25.0 Å². The molecule has 1 N–H and O–H groups in total. The fourth-order valence-corrected chi connectivity index (χ4v) is 2.42. The Morgan fingerprint density at radius 2 is 2.05 bits per heavy atom. The molecular formula is C14H20F3N3. The summed E-state index contributed by atoms with van der Waals surface area (Å²) in [6, 6.07) is 3.14. The summed E-state index contributed by atoms with van der Waals surface area (Å²) in [5.74, 6) is 0.479. The lowest BCUT2D eigenvalue weighted by Crippen LogP contribution is -2.57. The minimum Gasteiger partial charge on any atom is -0.365 e. The molecule has 0 radical (unpaired) electrons. The van der Waals surface area contributed by atoms with Crippen LogP contribution in [0.4, 0.5) is 18.9 Å². The highest BCUT2D eigenvalue weighted by Crippen LogP contribution is 2.29. The van der Waals surface area contributed by atoms with Crippen molar-refractivity contribution in [2.45, 2.75) is 39.0 Å². The Kier molecular flexibility index (Phi) is 4.22. The Labute approximate surface area is 117 Å². The van der Waals surface area contributed by atoms with Crippen molar-refractivity contribution in [2.75, 3.05) is 18.0 Å². The quantitative estimate of drug-likeness (QED) is 0.906. The van der Waals surface area contributed by atoms with Crippen LogP contribution in [-0.2, 0) is 6.18 Å². The first kappa shape index (κ1) is 15.1. The zero-order valence-electron chi connectivity index (χ0n) is 11.9. The van der Waals surface area contributed by atoms with Gasteiger partial charge in [0.2, 0.25) is 0 Å². The molecule has 1 aliphatic heterocycles. The predicted molar refractivity (Wildman–Crippen MR) is 72.7 cm³/mol. The van der Waals surface area contributed by atoms with Crippen LogP contribution in [0.25, 0.3) is 0 Å². The highest BCUT2D eigenvalue weighted by atomic mass is 19.4. The number of piperazine rings is 1. The van der Waals surface area contributed by atoms with Crippen LogP contribution in [-0.4, -0.2) is 30.2 Å². The maximum absolute atomic E-state index is 12.5. The summed E-state index contributed by atoms with van der Waals surface area (Å²) in [5.41, 5.74) is -0.0953. The Morgan fingerprint density at radius 1 is 1.35 bits per heavy atom. The van der Waals surface area contributed by atoms with Gasteiger partial charge in [0.1, 0.15) is 5.69 Å². The topological polar surface area (TPSA) is 28.2 Å². The standard InChI is InChI=1S/C14H20F3N3/c1-9(2)12-8-20(10(3)6-18-12)11-4-5-13(19-7-11)14(15,16)17/h4-5,7,9-10,12,18H,6,8H2,1-3H3. The van der Waals surface area contributed by atoms with Crippen molar-refractivity contribution in [3.63, 3.8) is 0 Å². The maximum Gasteiger partial charge on any atom is 0.433 e. The molecule has 1 fully saturated rings. The molecule has 1 saturated heterocycles. The van der Waals surface area contributed by atoms with Crippen molar-refractivity contribution in [3.05, 3.63) is 24.0 Å². The molecule has 2 atom stereocenters. The molecule has 1 aliphatic rings. The van der Waals surface area contributed by atoms with Crippen LogP contribution >= 0.6 is 0 Å². The van der Waals surface area contributed by atoms with Gasteiger partial charge in [0.15, 0.2) is 0 Å². The number of halogens is 3.